The van der Waals surface area contributed by atoms with E-state index in [4.69, 9.17) is 0 Å². The molecular formula is C18H17BrN2O2S. The van der Waals surface area contributed by atoms with Crippen LogP contribution in [0.1, 0.15) is 11.1 Å². The Morgan fingerprint density at radius 3 is 2.29 bits per heavy atom. The van der Waals surface area contributed by atoms with Crippen molar-refractivity contribution in [2.45, 2.75) is 23.9 Å². The van der Waals surface area contributed by atoms with E-state index in [0.717, 1.165) is 16.8 Å². The van der Waals surface area contributed by atoms with Crippen molar-refractivity contribution < 1.29 is 8.42 Å². The van der Waals surface area contributed by atoms with E-state index >= 15 is 0 Å². The lowest BCUT2D eigenvalue weighted by molar-refractivity contribution is 0.579. The zero-order valence-corrected chi connectivity index (χ0v) is 16.0. The third kappa shape index (κ3) is 2.80. The molecule has 6 heteroatoms. The maximum Gasteiger partial charge on any atom is 0.240 e. The summed E-state index contributed by atoms with van der Waals surface area (Å²) in [6, 6.07) is 14.4. The standard InChI is InChI=1S/C18H17BrN2O2S/c1-12-9-10-14(11-13(12)2)16-17(19)20-18(21(16)3)24(22,23)15-7-5-4-6-8-15/h4-11H,1-3H3. The molecule has 0 radical (unpaired) electrons. The van der Waals surface area contributed by atoms with Crippen LogP contribution in [-0.4, -0.2) is 18.0 Å². The van der Waals surface area contributed by atoms with Crippen LogP contribution in [0.4, 0.5) is 0 Å². The average Bonchev–Trinajstić information content (AvgIpc) is 2.86. The quantitative estimate of drug-likeness (QED) is 0.653. The Bertz CT molecular complexity index is 1010. The van der Waals surface area contributed by atoms with Crippen LogP contribution in [0, 0.1) is 13.8 Å². The van der Waals surface area contributed by atoms with Gasteiger partial charge in [0.1, 0.15) is 4.60 Å². The molecule has 1 aromatic heterocycles. The van der Waals surface area contributed by atoms with E-state index in [1.54, 1.807) is 41.9 Å². The van der Waals surface area contributed by atoms with Crippen LogP contribution in [-0.2, 0) is 16.9 Å². The number of imidazole rings is 1. The van der Waals surface area contributed by atoms with Gasteiger partial charge in [0.15, 0.2) is 0 Å². The third-order valence-electron chi connectivity index (χ3n) is 4.09. The number of sulfone groups is 1. The Kier molecular flexibility index (Phi) is 4.36. The maximum atomic E-state index is 12.9. The van der Waals surface area contributed by atoms with Gasteiger partial charge in [-0.25, -0.2) is 13.4 Å². The summed E-state index contributed by atoms with van der Waals surface area (Å²) in [4.78, 5) is 4.51. The Balaban J connectivity index is 2.19. The van der Waals surface area contributed by atoms with E-state index in [2.05, 4.69) is 20.9 Å². The number of nitrogens with zero attached hydrogens (tertiary/aromatic N) is 2. The molecule has 0 aliphatic rings. The van der Waals surface area contributed by atoms with Gasteiger partial charge in [0.05, 0.1) is 10.6 Å². The van der Waals surface area contributed by atoms with Crippen LogP contribution in [0.2, 0.25) is 0 Å². The fourth-order valence-electron chi connectivity index (χ4n) is 2.59. The highest BCUT2D eigenvalue weighted by Crippen LogP contribution is 2.32. The molecule has 0 N–H and O–H groups in total. The predicted octanol–water partition coefficient (Wildman–Crippen LogP) is 4.30. The van der Waals surface area contributed by atoms with E-state index in [-0.39, 0.29) is 10.1 Å². The largest absolute Gasteiger partial charge is 0.317 e. The second-order valence-corrected chi connectivity index (χ2v) is 8.30. The Morgan fingerprint density at radius 2 is 1.67 bits per heavy atom. The number of halogens is 1. The number of hydrogen-bond acceptors (Lipinski definition) is 3. The smallest absolute Gasteiger partial charge is 0.240 e. The molecule has 2 aromatic carbocycles. The first-order valence-electron chi connectivity index (χ1n) is 7.42. The minimum Gasteiger partial charge on any atom is -0.317 e. The molecule has 24 heavy (non-hydrogen) atoms. The highest BCUT2D eigenvalue weighted by Gasteiger charge is 2.26. The van der Waals surface area contributed by atoms with E-state index in [1.165, 1.54) is 5.56 Å². The first-order chi connectivity index (χ1) is 11.3. The van der Waals surface area contributed by atoms with Crippen LogP contribution >= 0.6 is 15.9 Å². The normalized spacial score (nSPS) is 11.7. The van der Waals surface area contributed by atoms with E-state index in [1.807, 2.05) is 32.0 Å². The summed E-state index contributed by atoms with van der Waals surface area (Å²) in [6.45, 7) is 4.08. The van der Waals surface area contributed by atoms with Crippen molar-refractivity contribution in [2.75, 3.05) is 0 Å². The molecule has 0 aliphatic carbocycles. The molecule has 0 saturated carbocycles. The molecule has 0 bridgehead atoms. The van der Waals surface area contributed by atoms with Gasteiger partial charge in [0.2, 0.25) is 15.0 Å². The summed E-state index contributed by atoms with van der Waals surface area (Å²) in [7, 11) is -1.96. The first kappa shape index (κ1) is 16.9. The van der Waals surface area contributed by atoms with E-state index in [9.17, 15) is 8.42 Å². The Hall–Kier alpha value is -1.92. The molecule has 3 aromatic rings. The number of aryl methyl sites for hydroxylation is 2. The molecule has 0 amide bonds. The van der Waals surface area contributed by atoms with Crippen molar-refractivity contribution in [3.05, 3.63) is 64.3 Å². The summed E-state index contributed by atoms with van der Waals surface area (Å²) in [5.41, 5.74) is 4.00. The van der Waals surface area contributed by atoms with Crippen molar-refractivity contribution in [3.8, 4) is 11.3 Å². The Morgan fingerprint density at radius 1 is 1.00 bits per heavy atom. The van der Waals surface area contributed by atoms with Gasteiger partial charge in [0.25, 0.3) is 0 Å². The average molecular weight is 405 g/mol. The summed E-state index contributed by atoms with van der Waals surface area (Å²) >= 11 is 3.42. The first-order valence-corrected chi connectivity index (χ1v) is 9.70. The van der Waals surface area contributed by atoms with Crippen molar-refractivity contribution in [2.24, 2.45) is 7.05 Å². The highest BCUT2D eigenvalue weighted by molar-refractivity contribution is 9.10. The van der Waals surface area contributed by atoms with Crippen LogP contribution in [0.3, 0.4) is 0 Å². The van der Waals surface area contributed by atoms with Gasteiger partial charge in [-0.05, 0) is 59.1 Å². The fraction of sp³-hybridized carbons (Fsp3) is 0.167. The molecule has 3 rings (SSSR count). The van der Waals surface area contributed by atoms with Gasteiger partial charge < -0.3 is 4.57 Å². The van der Waals surface area contributed by atoms with Gasteiger partial charge in [-0.2, -0.15) is 0 Å². The van der Waals surface area contributed by atoms with Crippen LogP contribution < -0.4 is 0 Å². The van der Waals surface area contributed by atoms with Crippen LogP contribution in [0.5, 0.6) is 0 Å². The number of hydrogen-bond donors (Lipinski definition) is 0. The maximum absolute atomic E-state index is 12.9. The summed E-state index contributed by atoms with van der Waals surface area (Å²) in [5.74, 6) is 0. The monoisotopic (exact) mass is 404 g/mol. The van der Waals surface area contributed by atoms with Gasteiger partial charge in [-0.15, -0.1) is 0 Å². The SMILES string of the molecule is Cc1ccc(-c2c(Br)nc(S(=O)(=O)c3ccccc3)n2C)cc1C. The third-order valence-corrected chi connectivity index (χ3v) is 6.38. The molecule has 4 nitrogen and oxygen atoms in total. The molecule has 0 atom stereocenters. The lowest BCUT2D eigenvalue weighted by atomic mass is 10.0. The number of aromatic nitrogens is 2. The van der Waals surface area contributed by atoms with Crippen molar-refractivity contribution in [3.63, 3.8) is 0 Å². The lowest BCUT2D eigenvalue weighted by Gasteiger charge is -2.09. The van der Waals surface area contributed by atoms with Gasteiger partial charge in [-0.1, -0.05) is 30.3 Å². The van der Waals surface area contributed by atoms with Crippen molar-refractivity contribution in [1.29, 1.82) is 0 Å². The van der Waals surface area contributed by atoms with Gasteiger partial charge >= 0.3 is 0 Å². The number of rotatable bonds is 3. The van der Waals surface area contributed by atoms with Crippen molar-refractivity contribution in [1.82, 2.24) is 9.55 Å². The Labute approximate surface area is 150 Å². The fourth-order valence-corrected chi connectivity index (χ4v) is 4.76. The second kappa shape index (κ2) is 6.18. The zero-order chi connectivity index (χ0) is 17.5. The molecule has 0 aliphatic heterocycles. The highest BCUT2D eigenvalue weighted by atomic mass is 79.9. The topological polar surface area (TPSA) is 52.0 Å². The minimum absolute atomic E-state index is 0.0220. The molecule has 124 valence electrons. The molecular weight excluding hydrogens is 388 g/mol. The number of benzene rings is 2. The van der Waals surface area contributed by atoms with E-state index in [0.29, 0.717) is 4.60 Å². The summed E-state index contributed by atoms with van der Waals surface area (Å²) in [5, 5.41) is 0.0220. The van der Waals surface area contributed by atoms with Crippen LogP contribution in [0.25, 0.3) is 11.3 Å². The molecule has 0 fully saturated rings. The molecule has 0 unspecified atom stereocenters. The lowest BCUT2D eigenvalue weighted by Crippen LogP contribution is -2.09. The molecule has 0 spiro atoms. The van der Waals surface area contributed by atoms with Crippen LogP contribution in [0.15, 0.2) is 63.2 Å². The van der Waals surface area contributed by atoms with Gasteiger partial charge in [-0.3, -0.25) is 0 Å². The second-order valence-electron chi connectivity index (χ2n) is 5.71. The van der Waals surface area contributed by atoms with Gasteiger partial charge in [0, 0.05) is 12.6 Å². The van der Waals surface area contributed by atoms with Crippen molar-refractivity contribution >= 4 is 25.8 Å². The summed E-state index contributed by atoms with van der Waals surface area (Å²) in [6.07, 6.45) is 0. The zero-order valence-electron chi connectivity index (χ0n) is 13.6. The summed E-state index contributed by atoms with van der Waals surface area (Å²) < 4.78 is 27.9. The predicted molar refractivity (Wildman–Crippen MR) is 97.7 cm³/mol. The minimum atomic E-state index is -3.68. The molecule has 0 saturated heterocycles. The van der Waals surface area contributed by atoms with E-state index < -0.39 is 9.84 Å². The molecule has 1 heterocycles.